The van der Waals surface area contributed by atoms with Crippen molar-refractivity contribution in [3.63, 3.8) is 0 Å². The molecule has 0 aliphatic carbocycles. The largest absolute Gasteiger partial charge is 0.359 e. The number of H-pyrrole nitrogens is 1. The van der Waals surface area contributed by atoms with E-state index in [1.54, 1.807) is 12.1 Å². The minimum Gasteiger partial charge on any atom is -0.359 e. The fourth-order valence-electron chi connectivity index (χ4n) is 2.40. The van der Waals surface area contributed by atoms with Crippen molar-refractivity contribution >= 4 is 22.5 Å². The molecule has 1 heterocycles. The lowest BCUT2D eigenvalue weighted by Gasteiger charge is -2.08. The average Bonchev–Trinajstić information content (AvgIpc) is 2.88. The summed E-state index contributed by atoms with van der Waals surface area (Å²) in [6.45, 7) is 1.91. The topological polar surface area (TPSA) is 68.7 Å². The number of nitriles is 1. The minimum absolute atomic E-state index is 0.0887. The van der Waals surface area contributed by atoms with Gasteiger partial charge in [0.25, 0.3) is 5.91 Å². The second-order valence-electron chi connectivity index (χ2n) is 4.97. The molecule has 3 rings (SSSR count). The first-order chi connectivity index (χ1) is 10.6. The first-order valence-corrected chi connectivity index (χ1v) is 6.68. The van der Waals surface area contributed by atoms with E-state index in [9.17, 15) is 9.18 Å². The molecular formula is C17H12FN3O. The molecule has 22 heavy (non-hydrogen) atoms. The summed E-state index contributed by atoms with van der Waals surface area (Å²) in [6, 6.07) is 12.8. The Hall–Kier alpha value is -3.13. The molecule has 1 amide bonds. The van der Waals surface area contributed by atoms with Crippen LogP contribution in [-0.2, 0) is 0 Å². The minimum atomic E-state index is -0.516. The number of carbonyl (C=O) groups is 1. The van der Waals surface area contributed by atoms with Crippen molar-refractivity contribution in [1.82, 2.24) is 4.98 Å². The highest BCUT2D eigenvalue weighted by Gasteiger charge is 2.13. The number of aryl methyl sites for hydroxylation is 1. The normalized spacial score (nSPS) is 10.4. The molecule has 0 saturated carbocycles. The number of amides is 1. The Bertz CT molecular complexity index is 921. The summed E-state index contributed by atoms with van der Waals surface area (Å²) in [7, 11) is 0. The first kappa shape index (κ1) is 13.8. The van der Waals surface area contributed by atoms with Gasteiger partial charge in [-0.25, -0.2) is 4.39 Å². The molecule has 0 spiro atoms. The zero-order chi connectivity index (χ0) is 15.7. The van der Waals surface area contributed by atoms with E-state index in [1.165, 1.54) is 12.1 Å². The molecule has 0 fully saturated rings. The van der Waals surface area contributed by atoms with Gasteiger partial charge in [-0.05, 0) is 43.3 Å². The molecule has 0 atom stereocenters. The Morgan fingerprint density at radius 2 is 2.09 bits per heavy atom. The van der Waals surface area contributed by atoms with E-state index in [0.29, 0.717) is 5.56 Å². The van der Waals surface area contributed by atoms with E-state index in [4.69, 9.17) is 5.26 Å². The molecular weight excluding hydrogens is 281 g/mol. The van der Waals surface area contributed by atoms with Gasteiger partial charge in [0.1, 0.15) is 11.9 Å². The molecule has 0 saturated heterocycles. The van der Waals surface area contributed by atoms with Crippen LogP contribution in [0.3, 0.4) is 0 Å². The Labute approximate surface area is 126 Å². The molecule has 108 valence electrons. The van der Waals surface area contributed by atoms with E-state index in [2.05, 4.69) is 10.3 Å². The number of aromatic amines is 1. The van der Waals surface area contributed by atoms with Gasteiger partial charge in [0, 0.05) is 22.2 Å². The standard InChI is InChI=1S/C17H12FN3O/c1-10-7-14-13(3-2-4-16(14)20-10)17(22)21-15-6-5-12(18)8-11(15)9-19/h2-8,20H,1H3,(H,21,22). The van der Waals surface area contributed by atoms with E-state index < -0.39 is 5.82 Å². The van der Waals surface area contributed by atoms with E-state index >= 15 is 0 Å². The lowest BCUT2D eigenvalue weighted by atomic mass is 10.1. The summed E-state index contributed by atoms with van der Waals surface area (Å²) in [6.07, 6.45) is 0. The van der Waals surface area contributed by atoms with Crippen molar-refractivity contribution < 1.29 is 9.18 Å². The number of aromatic nitrogens is 1. The summed E-state index contributed by atoms with van der Waals surface area (Å²) in [5.41, 5.74) is 2.69. The van der Waals surface area contributed by atoms with Crippen LogP contribution >= 0.6 is 0 Å². The van der Waals surface area contributed by atoms with Crippen molar-refractivity contribution in [3.05, 3.63) is 65.1 Å². The fourth-order valence-corrected chi connectivity index (χ4v) is 2.40. The summed E-state index contributed by atoms with van der Waals surface area (Å²) in [4.78, 5) is 15.6. The van der Waals surface area contributed by atoms with Gasteiger partial charge in [-0.2, -0.15) is 5.26 Å². The summed E-state index contributed by atoms with van der Waals surface area (Å²) in [5, 5.41) is 12.5. The highest BCUT2D eigenvalue weighted by atomic mass is 19.1. The van der Waals surface area contributed by atoms with Gasteiger partial charge in [-0.15, -0.1) is 0 Å². The summed E-state index contributed by atoms with van der Waals surface area (Å²) < 4.78 is 13.1. The first-order valence-electron chi connectivity index (χ1n) is 6.68. The molecule has 0 aliphatic heterocycles. The highest BCUT2D eigenvalue weighted by Crippen LogP contribution is 2.22. The van der Waals surface area contributed by atoms with Gasteiger partial charge in [0.2, 0.25) is 0 Å². The second-order valence-corrected chi connectivity index (χ2v) is 4.97. The van der Waals surface area contributed by atoms with E-state index in [-0.39, 0.29) is 17.2 Å². The molecule has 0 aliphatic rings. The van der Waals surface area contributed by atoms with Crippen LogP contribution in [-0.4, -0.2) is 10.9 Å². The molecule has 0 unspecified atom stereocenters. The van der Waals surface area contributed by atoms with Crippen LogP contribution in [0.15, 0.2) is 42.5 Å². The number of fused-ring (bicyclic) bond motifs is 1. The lowest BCUT2D eigenvalue weighted by molar-refractivity contribution is 0.102. The van der Waals surface area contributed by atoms with Crippen LogP contribution in [0.2, 0.25) is 0 Å². The molecule has 3 aromatic rings. The molecule has 0 radical (unpaired) electrons. The number of rotatable bonds is 2. The lowest BCUT2D eigenvalue weighted by Crippen LogP contribution is -2.13. The van der Waals surface area contributed by atoms with Gasteiger partial charge in [0.05, 0.1) is 11.3 Å². The zero-order valence-corrected chi connectivity index (χ0v) is 11.8. The average molecular weight is 293 g/mol. The molecule has 2 N–H and O–H groups in total. The molecule has 4 nitrogen and oxygen atoms in total. The Kier molecular flexibility index (Phi) is 3.36. The smallest absolute Gasteiger partial charge is 0.256 e. The third-order valence-corrected chi connectivity index (χ3v) is 3.39. The predicted octanol–water partition coefficient (Wildman–Crippen LogP) is 3.74. The van der Waals surface area contributed by atoms with Gasteiger partial charge < -0.3 is 10.3 Å². The Morgan fingerprint density at radius 3 is 2.86 bits per heavy atom. The van der Waals surface area contributed by atoms with Crippen LogP contribution in [0.4, 0.5) is 10.1 Å². The number of carbonyl (C=O) groups excluding carboxylic acids is 1. The molecule has 0 bridgehead atoms. The van der Waals surface area contributed by atoms with Crippen molar-refractivity contribution in [2.45, 2.75) is 6.92 Å². The summed E-state index contributed by atoms with van der Waals surface area (Å²) >= 11 is 0. The van der Waals surface area contributed by atoms with E-state index in [0.717, 1.165) is 22.7 Å². The number of hydrogen-bond acceptors (Lipinski definition) is 2. The van der Waals surface area contributed by atoms with Crippen LogP contribution in [0, 0.1) is 24.1 Å². The van der Waals surface area contributed by atoms with Gasteiger partial charge in [0.15, 0.2) is 0 Å². The van der Waals surface area contributed by atoms with E-state index in [1.807, 2.05) is 25.1 Å². The van der Waals surface area contributed by atoms with Crippen LogP contribution in [0.25, 0.3) is 10.9 Å². The Balaban J connectivity index is 1.99. The summed E-state index contributed by atoms with van der Waals surface area (Å²) in [5.74, 6) is -0.856. The number of anilines is 1. The monoisotopic (exact) mass is 293 g/mol. The van der Waals surface area contributed by atoms with Crippen molar-refractivity contribution in [2.75, 3.05) is 5.32 Å². The third kappa shape index (κ3) is 2.42. The number of nitrogens with one attached hydrogen (secondary N) is 2. The van der Waals surface area contributed by atoms with Crippen LogP contribution in [0.5, 0.6) is 0 Å². The van der Waals surface area contributed by atoms with Crippen LogP contribution < -0.4 is 5.32 Å². The predicted molar refractivity (Wildman–Crippen MR) is 82.1 cm³/mol. The van der Waals surface area contributed by atoms with Gasteiger partial charge in [-0.3, -0.25) is 4.79 Å². The number of halogens is 1. The Morgan fingerprint density at radius 1 is 1.27 bits per heavy atom. The maximum atomic E-state index is 13.1. The fraction of sp³-hybridized carbons (Fsp3) is 0.0588. The SMILES string of the molecule is Cc1cc2c(C(=O)Nc3ccc(F)cc3C#N)cccc2[nH]1. The van der Waals surface area contributed by atoms with Crippen molar-refractivity contribution in [2.24, 2.45) is 0 Å². The second kappa shape index (κ2) is 5.34. The number of nitrogens with zero attached hydrogens (tertiary/aromatic N) is 1. The maximum absolute atomic E-state index is 13.1. The van der Waals surface area contributed by atoms with Crippen molar-refractivity contribution in [1.29, 1.82) is 5.26 Å². The van der Waals surface area contributed by atoms with Gasteiger partial charge >= 0.3 is 0 Å². The van der Waals surface area contributed by atoms with Gasteiger partial charge in [-0.1, -0.05) is 6.07 Å². The zero-order valence-electron chi connectivity index (χ0n) is 11.8. The molecule has 2 aromatic carbocycles. The quantitative estimate of drug-likeness (QED) is 0.755. The third-order valence-electron chi connectivity index (χ3n) is 3.39. The molecule has 1 aromatic heterocycles. The van der Waals surface area contributed by atoms with Crippen molar-refractivity contribution in [3.8, 4) is 6.07 Å². The van der Waals surface area contributed by atoms with Crippen LogP contribution in [0.1, 0.15) is 21.6 Å². The highest BCUT2D eigenvalue weighted by molar-refractivity contribution is 6.13. The number of hydrogen-bond donors (Lipinski definition) is 2. The number of benzene rings is 2. The maximum Gasteiger partial charge on any atom is 0.256 e. The molecule has 5 heteroatoms.